The standard InChI is InChI=1S/C71H68N4O.Pt/c1-46-22-20-29-63-66(46)74(67-58(48-25-18-15-19-26-48)27-21-28-59(67)50-36-52(69(5,6)7)39-53(37-50)70(8,9)10)45-73(63)55-40-54(71(11,12)13)41-57(43-55)76-56-31-32-60-61-38-49(47-23-16-14-17-24-47)30-33-62(61)75(64(60)44-56)65-42-51(34-35-72-65)68(2,3)4;/h14-42H,1-13H3;/q;+2/i1D3,15D,18D,25D,26D;. The minimum absolute atomic E-state index is 0. The molecular weight excluding hydrogens is 1120 g/mol. The molecule has 5 nitrogen and oxygen atoms in total. The van der Waals surface area contributed by atoms with Crippen molar-refractivity contribution in [3.63, 3.8) is 0 Å². The topological polar surface area (TPSA) is 33.1 Å². The number of para-hydroxylation sites is 2. The molecule has 1 aliphatic heterocycles. The number of fused-ring (bicyclic) bond motifs is 4. The summed E-state index contributed by atoms with van der Waals surface area (Å²) in [5.74, 6) is 1.60. The Morgan fingerprint density at radius 1 is 0.532 bits per heavy atom. The first-order valence-electron chi connectivity index (χ1n) is 29.6. The number of benzene rings is 8. The third-order valence-electron chi connectivity index (χ3n) is 14.5. The van der Waals surface area contributed by atoms with Gasteiger partial charge in [0.15, 0.2) is 0 Å². The van der Waals surface area contributed by atoms with E-state index in [4.69, 9.17) is 16.6 Å². The molecule has 6 heteroatoms. The average Bonchev–Trinajstić information content (AvgIpc) is 1.95. The number of aryl methyl sites for hydroxylation is 1. The summed E-state index contributed by atoms with van der Waals surface area (Å²) in [4.78, 5) is 4.95. The van der Waals surface area contributed by atoms with Gasteiger partial charge >= 0.3 is 32.8 Å². The van der Waals surface area contributed by atoms with Crippen molar-refractivity contribution in [2.45, 2.75) is 112 Å². The smallest absolute Gasteiger partial charge is 0.509 e. The molecule has 0 radical (unpaired) electrons. The van der Waals surface area contributed by atoms with Gasteiger partial charge in [0, 0.05) is 39.0 Å². The molecule has 1 aliphatic rings. The van der Waals surface area contributed by atoms with Gasteiger partial charge < -0.3 is 9.30 Å². The molecule has 0 unspecified atom stereocenters. The van der Waals surface area contributed by atoms with Crippen LogP contribution in [0.15, 0.2) is 176 Å². The van der Waals surface area contributed by atoms with Crippen molar-refractivity contribution < 1.29 is 35.4 Å². The molecule has 8 aromatic carbocycles. The molecule has 0 bridgehead atoms. The van der Waals surface area contributed by atoms with Crippen LogP contribution in [0.5, 0.6) is 11.5 Å². The first-order valence-corrected chi connectivity index (χ1v) is 26.1. The maximum absolute atomic E-state index is 9.35. The van der Waals surface area contributed by atoms with Crippen LogP contribution < -0.4 is 13.9 Å². The number of rotatable bonds is 8. The molecule has 0 spiro atoms. The molecule has 3 heterocycles. The van der Waals surface area contributed by atoms with Crippen LogP contribution in [0.4, 0.5) is 22.7 Å². The third kappa shape index (κ3) is 10.2. The van der Waals surface area contributed by atoms with Gasteiger partial charge in [0.2, 0.25) is 5.69 Å². The van der Waals surface area contributed by atoms with Crippen LogP contribution in [0, 0.1) is 19.0 Å². The second-order valence-electron chi connectivity index (χ2n) is 24.1. The van der Waals surface area contributed by atoms with Gasteiger partial charge in [-0.25, -0.2) is 4.98 Å². The summed E-state index contributed by atoms with van der Waals surface area (Å²) in [5, 5.41) is 2.02. The van der Waals surface area contributed by atoms with E-state index in [0.717, 1.165) is 66.6 Å². The fourth-order valence-electron chi connectivity index (χ4n) is 10.1. The summed E-state index contributed by atoms with van der Waals surface area (Å²) in [6.07, 6.45) is 1.86. The Bertz CT molecular complexity index is 4320. The Labute approximate surface area is 480 Å². The number of pyridine rings is 1. The quantitative estimate of drug-likeness (QED) is 0.112. The fraction of sp³-hybridized carbons (Fsp3) is 0.239. The molecule has 11 rings (SSSR count). The van der Waals surface area contributed by atoms with Gasteiger partial charge in [-0.1, -0.05) is 214 Å². The summed E-state index contributed by atoms with van der Waals surface area (Å²) in [7, 11) is 0. The van der Waals surface area contributed by atoms with Crippen LogP contribution in [-0.4, -0.2) is 15.6 Å². The summed E-state index contributed by atoms with van der Waals surface area (Å²) in [6.45, 7) is 23.4. The molecule has 77 heavy (non-hydrogen) atoms. The van der Waals surface area contributed by atoms with Gasteiger partial charge in [-0.3, -0.25) is 0 Å². The van der Waals surface area contributed by atoms with Crippen molar-refractivity contribution in [3.05, 3.63) is 216 Å². The molecule has 10 aromatic rings. The Morgan fingerprint density at radius 2 is 1.22 bits per heavy atom. The minimum atomic E-state index is -2.61. The third-order valence-corrected chi connectivity index (χ3v) is 14.5. The van der Waals surface area contributed by atoms with Gasteiger partial charge in [-0.15, -0.1) is 29.1 Å². The van der Waals surface area contributed by atoms with Gasteiger partial charge in [0.25, 0.3) is 5.69 Å². The van der Waals surface area contributed by atoms with Gasteiger partial charge in [-0.2, -0.15) is 6.07 Å². The SMILES string of the molecule is [2H]c1cc([2H])c(-c2cccc(-c3cc(C(C)(C)C)cc(C(C)(C)C)c3)c2[N+]2=C=[N+](c3[c-]c(Oc4[c-]c5c(cc4)c4cc(-c6ccccc6)ccc4n5-c4cc(C(C)(C)C)ccn4)cc(C(C)(C)C)c3)c3cccc(C([2H])([2H])[2H])c32)c([2H])c1[2H].[Pt+2]. The number of nitrogens with zero attached hydrogens (tertiary/aromatic N) is 4. The summed E-state index contributed by atoms with van der Waals surface area (Å²) in [6, 6.07) is 57.8. The van der Waals surface area contributed by atoms with Crippen molar-refractivity contribution in [3.8, 4) is 50.7 Å². The molecule has 0 amide bonds. The van der Waals surface area contributed by atoms with E-state index >= 15 is 0 Å². The van der Waals surface area contributed by atoms with Crippen molar-refractivity contribution in [1.29, 1.82) is 0 Å². The molecule has 0 N–H and O–H groups in total. The van der Waals surface area contributed by atoms with Crippen molar-refractivity contribution in [2.75, 3.05) is 0 Å². The molecule has 2 aromatic heterocycles. The second-order valence-corrected chi connectivity index (χ2v) is 24.1. The Kier molecular flexibility index (Phi) is 11.5. The fourth-order valence-corrected chi connectivity index (χ4v) is 10.1. The van der Waals surface area contributed by atoms with E-state index in [1.54, 1.807) is 22.8 Å². The molecule has 386 valence electrons. The van der Waals surface area contributed by atoms with E-state index in [0.29, 0.717) is 45.4 Å². The molecule has 0 atom stereocenters. The van der Waals surface area contributed by atoms with Crippen LogP contribution in [0.3, 0.4) is 0 Å². The Balaban J connectivity index is 0.00000786. The van der Waals surface area contributed by atoms with Crippen LogP contribution in [0.25, 0.3) is 61.0 Å². The minimum Gasteiger partial charge on any atom is -0.509 e. The molecule has 0 saturated carbocycles. The predicted molar refractivity (Wildman–Crippen MR) is 319 cm³/mol. The molecule has 0 aliphatic carbocycles. The Morgan fingerprint density at radius 3 is 1.92 bits per heavy atom. The predicted octanol–water partition coefficient (Wildman–Crippen LogP) is 18.9. The summed E-state index contributed by atoms with van der Waals surface area (Å²) >= 11 is 0. The van der Waals surface area contributed by atoms with E-state index in [-0.39, 0.29) is 72.6 Å². The maximum Gasteiger partial charge on any atom is 2.00 e. The number of ether oxygens (including phenoxy) is 1. The largest absolute Gasteiger partial charge is 2.00 e. The molecule has 0 fully saturated rings. The van der Waals surface area contributed by atoms with E-state index in [2.05, 4.69) is 173 Å². The first-order chi connectivity index (χ1) is 38.9. The zero-order chi connectivity index (χ0) is 59.5. The molecule has 0 saturated heterocycles. The Hall–Kier alpha value is -7.42. The molecular formula is C71H68N4OPt+2. The van der Waals surface area contributed by atoms with Gasteiger partial charge in [0.05, 0.1) is 16.6 Å². The van der Waals surface area contributed by atoms with Gasteiger partial charge in [-0.05, 0) is 108 Å². The van der Waals surface area contributed by atoms with Crippen molar-refractivity contribution >= 4 is 50.6 Å². The number of hydrogen-bond acceptors (Lipinski definition) is 2. The van der Waals surface area contributed by atoms with E-state index < -0.39 is 12.3 Å². The number of hydrogen-bond donors (Lipinski definition) is 0. The van der Waals surface area contributed by atoms with Crippen LogP contribution in [0.1, 0.15) is 120 Å². The average molecular weight is 1200 g/mol. The van der Waals surface area contributed by atoms with Crippen LogP contribution in [-0.2, 0) is 42.7 Å². The van der Waals surface area contributed by atoms with E-state index in [1.807, 2.05) is 65.4 Å². The summed E-state index contributed by atoms with van der Waals surface area (Å²) < 4.78 is 75.9. The second kappa shape index (κ2) is 19.9. The first kappa shape index (κ1) is 44.7. The zero-order valence-electron chi connectivity index (χ0n) is 52.9. The summed E-state index contributed by atoms with van der Waals surface area (Å²) in [5.41, 5.74) is 11.1. The van der Waals surface area contributed by atoms with Crippen molar-refractivity contribution in [1.82, 2.24) is 18.7 Å². The van der Waals surface area contributed by atoms with Crippen LogP contribution >= 0.6 is 0 Å². The van der Waals surface area contributed by atoms with E-state index in [9.17, 15) is 2.74 Å². The maximum atomic E-state index is 9.35. The monoisotopic (exact) mass is 1190 g/mol. The normalized spacial score (nSPS) is 14.3. The number of aromatic nitrogens is 2. The van der Waals surface area contributed by atoms with Crippen LogP contribution in [0.2, 0.25) is 0 Å². The van der Waals surface area contributed by atoms with Gasteiger partial charge in [0.1, 0.15) is 11.5 Å². The van der Waals surface area contributed by atoms with E-state index in [1.165, 1.54) is 6.07 Å². The zero-order valence-corrected chi connectivity index (χ0v) is 48.2. The van der Waals surface area contributed by atoms with Crippen molar-refractivity contribution in [2.24, 2.45) is 0 Å².